The summed E-state index contributed by atoms with van der Waals surface area (Å²) >= 11 is 0. The lowest BCUT2D eigenvalue weighted by Crippen LogP contribution is -2.33. The van der Waals surface area contributed by atoms with E-state index in [4.69, 9.17) is 0 Å². The van der Waals surface area contributed by atoms with E-state index in [2.05, 4.69) is 46.6 Å². The molecule has 0 unspecified atom stereocenters. The lowest BCUT2D eigenvalue weighted by atomic mass is 10.1. The zero-order valence-electron chi connectivity index (χ0n) is 13.6. The maximum Gasteiger partial charge on any atom is 0.271 e. The molecule has 0 radical (unpaired) electrons. The van der Waals surface area contributed by atoms with Gasteiger partial charge in [-0.05, 0) is 49.9 Å². The summed E-state index contributed by atoms with van der Waals surface area (Å²) in [7, 11) is 0. The van der Waals surface area contributed by atoms with E-state index in [1.807, 2.05) is 6.07 Å². The first-order valence-electron chi connectivity index (χ1n) is 8.09. The van der Waals surface area contributed by atoms with E-state index < -0.39 is 0 Å². The fraction of sp³-hybridized carbons (Fsp3) is 0.389. The SMILES string of the molecule is Cc1ccc(Nc2cnc(C(=O)NC3CCCC3)cn2)cc1C. The summed E-state index contributed by atoms with van der Waals surface area (Å²) in [5.74, 6) is 0.493. The number of carbonyl (C=O) groups is 1. The number of carbonyl (C=O) groups excluding carboxylic acids is 1. The van der Waals surface area contributed by atoms with Crippen LogP contribution in [0, 0.1) is 13.8 Å². The smallest absolute Gasteiger partial charge is 0.271 e. The number of rotatable bonds is 4. The largest absolute Gasteiger partial charge is 0.348 e. The van der Waals surface area contributed by atoms with Crippen molar-refractivity contribution in [3.8, 4) is 0 Å². The Morgan fingerprint density at radius 2 is 1.87 bits per heavy atom. The van der Waals surface area contributed by atoms with Gasteiger partial charge in [0.25, 0.3) is 5.91 Å². The Balaban J connectivity index is 1.64. The molecule has 0 aliphatic heterocycles. The Kier molecular flexibility index (Phi) is 4.55. The molecule has 23 heavy (non-hydrogen) atoms. The summed E-state index contributed by atoms with van der Waals surface area (Å²) in [6.07, 6.45) is 7.62. The highest BCUT2D eigenvalue weighted by Crippen LogP contribution is 2.19. The molecule has 1 aliphatic rings. The lowest BCUT2D eigenvalue weighted by molar-refractivity contribution is 0.0932. The maximum atomic E-state index is 12.1. The van der Waals surface area contributed by atoms with Gasteiger partial charge in [-0.1, -0.05) is 18.9 Å². The fourth-order valence-corrected chi connectivity index (χ4v) is 2.81. The highest BCUT2D eigenvalue weighted by atomic mass is 16.1. The minimum absolute atomic E-state index is 0.137. The number of anilines is 2. The summed E-state index contributed by atoms with van der Waals surface area (Å²) in [6.45, 7) is 4.15. The second-order valence-electron chi connectivity index (χ2n) is 6.17. The molecule has 5 nitrogen and oxygen atoms in total. The van der Waals surface area contributed by atoms with Gasteiger partial charge in [0.05, 0.1) is 12.4 Å². The maximum absolute atomic E-state index is 12.1. The predicted octanol–water partition coefficient (Wildman–Crippen LogP) is 3.51. The number of nitrogens with zero attached hydrogens (tertiary/aromatic N) is 2. The molecule has 1 fully saturated rings. The van der Waals surface area contributed by atoms with Gasteiger partial charge < -0.3 is 10.6 Å². The minimum Gasteiger partial charge on any atom is -0.348 e. The van der Waals surface area contributed by atoms with Crippen LogP contribution < -0.4 is 10.6 Å². The van der Waals surface area contributed by atoms with E-state index in [0.29, 0.717) is 11.5 Å². The monoisotopic (exact) mass is 310 g/mol. The van der Waals surface area contributed by atoms with Crippen LogP contribution in [0.1, 0.15) is 47.3 Å². The van der Waals surface area contributed by atoms with Crippen LogP contribution in [0.15, 0.2) is 30.6 Å². The van der Waals surface area contributed by atoms with Crippen molar-refractivity contribution in [3.63, 3.8) is 0 Å². The molecule has 1 amide bonds. The van der Waals surface area contributed by atoms with E-state index in [9.17, 15) is 4.79 Å². The van der Waals surface area contributed by atoms with Gasteiger partial charge in [0.1, 0.15) is 11.5 Å². The van der Waals surface area contributed by atoms with Gasteiger partial charge >= 0.3 is 0 Å². The Morgan fingerprint density at radius 3 is 2.52 bits per heavy atom. The average Bonchev–Trinajstić information content (AvgIpc) is 3.04. The molecule has 0 atom stereocenters. The number of amides is 1. The molecule has 1 aliphatic carbocycles. The van der Waals surface area contributed by atoms with Crippen LogP contribution >= 0.6 is 0 Å². The van der Waals surface area contributed by atoms with E-state index in [0.717, 1.165) is 18.5 Å². The van der Waals surface area contributed by atoms with Crippen LogP contribution in [0.5, 0.6) is 0 Å². The zero-order chi connectivity index (χ0) is 16.2. The van der Waals surface area contributed by atoms with Gasteiger partial charge in [0.2, 0.25) is 0 Å². The molecule has 2 N–H and O–H groups in total. The Morgan fingerprint density at radius 1 is 1.09 bits per heavy atom. The zero-order valence-corrected chi connectivity index (χ0v) is 13.6. The van der Waals surface area contributed by atoms with E-state index >= 15 is 0 Å². The highest BCUT2D eigenvalue weighted by molar-refractivity contribution is 5.92. The summed E-state index contributed by atoms with van der Waals surface area (Å²) in [5, 5.41) is 6.22. The number of aryl methyl sites for hydroxylation is 2. The molecule has 120 valence electrons. The molecular formula is C18H22N4O. The minimum atomic E-state index is -0.137. The number of nitrogens with one attached hydrogen (secondary N) is 2. The first-order chi connectivity index (χ1) is 11.1. The number of hydrogen-bond acceptors (Lipinski definition) is 4. The quantitative estimate of drug-likeness (QED) is 0.907. The van der Waals surface area contributed by atoms with Gasteiger partial charge in [-0.2, -0.15) is 0 Å². The third kappa shape index (κ3) is 3.86. The van der Waals surface area contributed by atoms with Crippen molar-refractivity contribution in [2.45, 2.75) is 45.6 Å². The summed E-state index contributed by atoms with van der Waals surface area (Å²) in [4.78, 5) is 20.6. The molecule has 1 aromatic carbocycles. The molecule has 0 bridgehead atoms. The van der Waals surface area contributed by atoms with Crippen molar-refractivity contribution in [2.24, 2.45) is 0 Å². The standard InChI is InChI=1S/C18H22N4O/c1-12-7-8-15(9-13(12)2)21-17-11-19-16(10-20-17)18(23)22-14-5-3-4-6-14/h7-11,14H,3-6H2,1-2H3,(H,20,21)(H,22,23). The molecular weight excluding hydrogens is 288 g/mol. The highest BCUT2D eigenvalue weighted by Gasteiger charge is 2.18. The lowest BCUT2D eigenvalue weighted by Gasteiger charge is -2.11. The van der Waals surface area contributed by atoms with Gasteiger partial charge in [-0.15, -0.1) is 0 Å². The van der Waals surface area contributed by atoms with Crippen molar-refractivity contribution in [1.29, 1.82) is 0 Å². The summed E-state index contributed by atoms with van der Waals surface area (Å²) < 4.78 is 0. The molecule has 1 heterocycles. The van der Waals surface area contributed by atoms with Crippen molar-refractivity contribution in [1.82, 2.24) is 15.3 Å². The number of aromatic nitrogens is 2. The van der Waals surface area contributed by atoms with E-state index in [1.54, 1.807) is 6.20 Å². The number of hydrogen-bond donors (Lipinski definition) is 2. The Hall–Kier alpha value is -2.43. The average molecular weight is 310 g/mol. The number of benzene rings is 1. The fourth-order valence-electron chi connectivity index (χ4n) is 2.81. The molecule has 1 saturated carbocycles. The van der Waals surface area contributed by atoms with E-state index in [-0.39, 0.29) is 11.9 Å². The Labute approximate surface area is 136 Å². The second kappa shape index (κ2) is 6.77. The first-order valence-corrected chi connectivity index (χ1v) is 8.09. The summed E-state index contributed by atoms with van der Waals surface area (Å²) in [6, 6.07) is 6.43. The van der Waals surface area contributed by atoms with Crippen molar-refractivity contribution < 1.29 is 4.79 Å². The topological polar surface area (TPSA) is 66.9 Å². The van der Waals surface area contributed by atoms with Crippen LogP contribution in [-0.4, -0.2) is 21.9 Å². The van der Waals surface area contributed by atoms with Crippen LogP contribution in [-0.2, 0) is 0 Å². The normalized spacial score (nSPS) is 14.7. The predicted molar refractivity (Wildman–Crippen MR) is 91.0 cm³/mol. The van der Waals surface area contributed by atoms with Crippen LogP contribution in [0.2, 0.25) is 0 Å². The van der Waals surface area contributed by atoms with Crippen molar-refractivity contribution in [2.75, 3.05) is 5.32 Å². The first kappa shape index (κ1) is 15.5. The van der Waals surface area contributed by atoms with Crippen molar-refractivity contribution in [3.05, 3.63) is 47.4 Å². The molecule has 2 aromatic rings. The third-order valence-corrected chi connectivity index (χ3v) is 4.35. The summed E-state index contributed by atoms with van der Waals surface area (Å²) in [5.41, 5.74) is 3.80. The van der Waals surface area contributed by atoms with Gasteiger partial charge in [-0.25, -0.2) is 9.97 Å². The van der Waals surface area contributed by atoms with E-state index in [1.165, 1.54) is 30.2 Å². The van der Waals surface area contributed by atoms with Crippen LogP contribution in [0.3, 0.4) is 0 Å². The Bertz CT molecular complexity index is 691. The van der Waals surface area contributed by atoms with Crippen LogP contribution in [0.4, 0.5) is 11.5 Å². The van der Waals surface area contributed by atoms with Crippen molar-refractivity contribution >= 4 is 17.4 Å². The molecule has 5 heteroatoms. The molecule has 1 aromatic heterocycles. The molecule has 3 rings (SSSR count). The van der Waals surface area contributed by atoms with Crippen LogP contribution in [0.25, 0.3) is 0 Å². The third-order valence-electron chi connectivity index (χ3n) is 4.35. The molecule has 0 spiro atoms. The van der Waals surface area contributed by atoms with Gasteiger partial charge in [0.15, 0.2) is 0 Å². The molecule has 0 saturated heterocycles. The second-order valence-corrected chi connectivity index (χ2v) is 6.17. The van der Waals surface area contributed by atoms with Gasteiger partial charge in [0, 0.05) is 11.7 Å². The van der Waals surface area contributed by atoms with Gasteiger partial charge in [-0.3, -0.25) is 4.79 Å².